The maximum atomic E-state index is 6.11. The minimum absolute atomic E-state index is 0.412. The summed E-state index contributed by atoms with van der Waals surface area (Å²) in [6.07, 6.45) is 1.61. The van der Waals surface area contributed by atoms with Crippen LogP contribution in [-0.4, -0.2) is 59.5 Å². The molecule has 2 heterocycles. The number of rotatable bonds is 6. The van der Waals surface area contributed by atoms with Gasteiger partial charge < -0.3 is 15.4 Å². The number of aromatic nitrogens is 3. The van der Waals surface area contributed by atoms with Gasteiger partial charge in [0.25, 0.3) is 0 Å². The standard InChI is InChI=1S/C15H19ClN6O/c16-12-3-1-2-4-13(12)19-15-20-14(11-18-21-15)17-5-6-22-7-9-23-10-8-22/h1-4,11H,5-10H2,(H2,17,19,20,21). The Morgan fingerprint density at radius 3 is 2.87 bits per heavy atom. The van der Waals surface area contributed by atoms with Crippen molar-refractivity contribution in [2.24, 2.45) is 0 Å². The number of hydrogen-bond acceptors (Lipinski definition) is 7. The van der Waals surface area contributed by atoms with Crippen LogP contribution in [0.5, 0.6) is 0 Å². The second-order valence-corrected chi connectivity index (χ2v) is 5.56. The fourth-order valence-electron chi connectivity index (χ4n) is 2.29. The fourth-order valence-corrected chi connectivity index (χ4v) is 2.47. The highest BCUT2D eigenvalue weighted by Crippen LogP contribution is 2.23. The van der Waals surface area contributed by atoms with E-state index in [2.05, 4.69) is 30.7 Å². The summed E-state index contributed by atoms with van der Waals surface area (Å²) in [6.45, 7) is 5.30. The van der Waals surface area contributed by atoms with Crippen LogP contribution in [0, 0.1) is 0 Å². The largest absolute Gasteiger partial charge is 0.379 e. The van der Waals surface area contributed by atoms with Gasteiger partial charge in [-0.1, -0.05) is 23.7 Å². The molecule has 0 amide bonds. The summed E-state index contributed by atoms with van der Waals surface area (Å²) in [5.74, 6) is 1.09. The van der Waals surface area contributed by atoms with E-state index in [4.69, 9.17) is 16.3 Å². The number of morpholine rings is 1. The molecule has 0 aliphatic carbocycles. The number of anilines is 3. The molecule has 7 nitrogen and oxygen atoms in total. The van der Waals surface area contributed by atoms with E-state index in [1.165, 1.54) is 0 Å². The van der Waals surface area contributed by atoms with Gasteiger partial charge >= 0.3 is 0 Å². The number of para-hydroxylation sites is 1. The average Bonchev–Trinajstić information content (AvgIpc) is 2.58. The predicted molar refractivity (Wildman–Crippen MR) is 90.3 cm³/mol. The second kappa shape index (κ2) is 8.05. The van der Waals surface area contributed by atoms with Crippen molar-refractivity contribution in [2.45, 2.75) is 0 Å². The maximum absolute atomic E-state index is 6.11. The Hall–Kier alpha value is -1.96. The highest BCUT2D eigenvalue weighted by Gasteiger charge is 2.09. The third kappa shape index (κ3) is 4.75. The van der Waals surface area contributed by atoms with Crippen LogP contribution in [0.2, 0.25) is 5.02 Å². The zero-order valence-electron chi connectivity index (χ0n) is 12.7. The van der Waals surface area contributed by atoms with Crippen molar-refractivity contribution >= 4 is 29.1 Å². The first-order valence-corrected chi connectivity index (χ1v) is 7.94. The lowest BCUT2D eigenvalue weighted by Gasteiger charge is -2.26. The van der Waals surface area contributed by atoms with Crippen molar-refractivity contribution in [3.8, 4) is 0 Å². The Bertz CT molecular complexity index is 635. The molecule has 0 saturated carbocycles. The minimum atomic E-state index is 0.412. The SMILES string of the molecule is Clc1ccccc1Nc1nncc(NCCN2CCOCC2)n1. The summed E-state index contributed by atoms with van der Waals surface area (Å²) in [4.78, 5) is 6.75. The van der Waals surface area contributed by atoms with E-state index in [1.807, 2.05) is 24.3 Å². The molecule has 0 spiro atoms. The number of hydrogen-bond donors (Lipinski definition) is 2. The van der Waals surface area contributed by atoms with Crippen molar-refractivity contribution in [3.05, 3.63) is 35.5 Å². The first-order valence-electron chi connectivity index (χ1n) is 7.56. The molecular weight excluding hydrogens is 316 g/mol. The van der Waals surface area contributed by atoms with Gasteiger partial charge in [0.2, 0.25) is 5.95 Å². The lowest BCUT2D eigenvalue weighted by molar-refractivity contribution is 0.0398. The number of benzene rings is 1. The number of nitrogens with one attached hydrogen (secondary N) is 2. The molecule has 8 heteroatoms. The van der Waals surface area contributed by atoms with Crippen molar-refractivity contribution in [3.63, 3.8) is 0 Å². The molecule has 2 N–H and O–H groups in total. The van der Waals surface area contributed by atoms with E-state index in [-0.39, 0.29) is 0 Å². The smallest absolute Gasteiger partial charge is 0.249 e. The van der Waals surface area contributed by atoms with Gasteiger partial charge in [-0.25, -0.2) is 0 Å². The Morgan fingerprint density at radius 2 is 2.04 bits per heavy atom. The maximum Gasteiger partial charge on any atom is 0.249 e. The van der Waals surface area contributed by atoms with Crippen LogP contribution >= 0.6 is 11.6 Å². The van der Waals surface area contributed by atoms with E-state index in [9.17, 15) is 0 Å². The summed E-state index contributed by atoms with van der Waals surface area (Å²) >= 11 is 6.11. The van der Waals surface area contributed by atoms with Gasteiger partial charge in [-0.05, 0) is 12.1 Å². The van der Waals surface area contributed by atoms with Gasteiger partial charge in [-0.3, -0.25) is 4.90 Å². The quantitative estimate of drug-likeness (QED) is 0.837. The van der Waals surface area contributed by atoms with E-state index >= 15 is 0 Å². The molecule has 1 aromatic heterocycles. The molecule has 3 rings (SSSR count). The lowest BCUT2D eigenvalue weighted by Crippen LogP contribution is -2.39. The Morgan fingerprint density at radius 1 is 1.22 bits per heavy atom. The first-order chi connectivity index (χ1) is 11.3. The molecule has 122 valence electrons. The molecule has 1 fully saturated rings. The van der Waals surface area contributed by atoms with Crippen LogP contribution < -0.4 is 10.6 Å². The summed E-state index contributed by atoms with van der Waals surface area (Å²) in [6, 6.07) is 7.44. The molecule has 1 saturated heterocycles. The average molecular weight is 335 g/mol. The van der Waals surface area contributed by atoms with Crippen molar-refractivity contribution in [1.82, 2.24) is 20.1 Å². The Balaban J connectivity index is 1.53. The number of halogens is 1. The number of ether oxygens (including phenoxy) is 1. The minimum Gasteiger partial charge on any atom is -0.379 e. The van der Waals surface area contributed by atoms with E-state index in [1.54, 1.807) is 6.20 Å². The van der Waals surface area contributed by atoms with E-state index in [0.29, 0.717) is 16.8 Å². The lowest BCUT2D eigenvalue weighted by atomic mass is 10.3. The van der Waals surface area contributed by atoms with E-state index in [0.717, 1.165) is 45.1 Å². The predicted octanol–water partition coefficient (Wildman–Crippen LogP) is 2.01. The molecule has 1 aliphatic heterocycles. The van der Waals surface area contributed by atoms with Gasteiger partial charge in [0.15, 0.2) is 5.82 Å². The molecule has 0 unspecified atom stereocenters. The Labute approximate surface area is 140 Å². The zero-order valence-corrected chi connectivity index (χ0v) is 13.5. The van der Waals surface area contributed by atoms with Crippen LogP contribution in [0.4, 0.5) is 17.5 Å². The highest BCUT2D eigenvalue weighted by molar-refractivity contribution is 6.33. The third-order valence-electron chi connectivity index (χ3n) is 3.52. The summed E-state index contributed by atoms with van der Waals surface area (Å²) in [7, 11) is 0. The molecule has 23 heavy (non-hydrogen) atoms. The monoisotopic (exact) mass is 334 g/mol. The van der Waals surface area contributed by atoms with Crippen LogP contribution in [0.15, 0.2) is 30.5 Å². The van der Waals surface area contributed by atoms with Gasteiger partial charge in [-0.15, -0.1) is 5.10 Å². The molecule has 2 aromatic rings. The van der Waals surface area contributed by atoms with Crippen LogP contribution in [0.1, 0.15) is 0 Å². The van der Waals surface area contributed by atoms with Crippen molar-refractivity contribution in [2.75, 3.05) is 50.0 Å². The Kier molecular flexibility index (Phi) is 5.57. The first kappa shape index (κ1) is 15.9. The fraction of sp³-hybridized carbons (Fsp3) is 0.400. The number of nitrogens with zero attached hydrogens (tertiary/aromatic N) is 4. The summed E-state index contributed by atoms with van der Waals surface area (Å²) in [5.41, 5.74) is 0.751. The summed E-state index contributed by atoms with van der Waals surface area (Å²) in [5, 5.41) is 14.9. The van der Waals surface area contributed by atoms with Crippen LogP contribution in [-0.2, 0) is 4.74 Å². The normalized spacial score (nSPS) is 15.3. The van der Waals surface area contributed by atoms with Crippen molar-refractivity contribution in [1.29, 1.82) is 0 Å². The second-order valence-electron chi connectivity index (χ2n) is 5.15. The zero-order chi connectivity index (χ0) is 15.9. The summed E-state index contributed by atoms with van der Waals surface area (Å²) < 4.78 is 5.33. The van der Waals surface area contributed by atoms with Crippen molar-refractivity contribution < 1.29 is 4.74 Å². The molecule has 0 bridgehead atoms. The van der Waals surface area contributed by atoms with Gasteiger partial charge in [-0.2, -0.15) is 10.1 Å². The van der Waals surface area contributed by atoms with Gasteiger partial charge in [0.1, 0.15) is 0 Å². The van der Waals surface area contributed by atoms with Gasteiger partial charge in [0, 0.05) is 26.2 Å². The molecular formula is C15H19ClN6O. The van der Waals surface area contributed by atoms with Crippen LogP contribution in [0.25, 0.3) is 0 Å². The van der Waals surface area contributed by atoms with Crippen LogP contribution in [0.3, 0.4) is 0 Å². The highest BCUT2D eigenvalue weighted by atomic mass is 35.5. The molecule has 0 atom stereocenters. The third-order valence-corrected chi connectivity index (χ3v) is 3.85. The molecule has 1 aromatic carbocycles. The molecule has 1 aliphatic rings. The van der Waals surface area contributed by atoms with Gasteiger partial charge in [0.05, 0.1) is 30.1 Å². The molecule has 0 radical (unpaired) electrons. The topological polar surface area (TPSA) is 75.2 Å². The van der Waals surface area contributed by atoms with E-state index < -0.39 is 0 Å².